The van der Waals surface area contributed by atoms with Gasteiger partial charge < -0.3 is 14.8 Å². The molecule has 7 heteroatoms. The molecule has 1 N–H and O–H groups in total. The largest absolute Gasteiger partial charge is 0.493 e. The molecule has 37 heavy (non-hydrogen) atoms. The predicted molar refractivity (Wildman–Crippen MR) is 150 cm³/mol. The van der Waals surface area contributed by atoms with Crippen molar-refractivity contribution in [1.29, 1.82) is 0 Å². The quantitative estimate of drug-likeness (QED) is 0.165. The minimum absolute atomic E-state index is 0.234. The van der Waals surface area contributed by atoms with Crippen molar-refractivity contribution in [3.8, 4) is 11.5 Å². The second-order valence-corrected chi connectivity index (χ2v) is 9.31. The SMILES string of the molecule is COc1cc(/C=C/C(=O)Nc2ccc(Cl)cc2C(=O)c2ccccc2)cc(Br)c1OCc1ccccc1. The maximum absolute atomic E-state index is 13.0. The molecule has 0 aliphatic rings. The van der Waals surface area contributed by atoms with Crippen LogP contribution >= 0.6 is 27.5 Å². The normalized spacial score (nSPS) is 10.8. The number of ketones is 1. The summed E-state index contributed by atoms with van der Waals surface area (Å²) in [5, 5.41) is 3.18. The highest BCUT2D eigenvalue weighted by molar-refractivity contribution is 9.10. The Kier molecular flexibility index (Phi) is 8.77. The van der Waals surface area contributed by atoms with Crippen LogP contribution in [0.1, 0.15) is 27.0 Å². The van der Waals surface area contributed by atoms with Crippen molar-refractivity contribution >= 4 is 51.0 Å². The number of methoxy groups -OCH3 is 1. The Morgan fingerprint density at radius 2 is 1.65 bits per heavy atom. The number of nitrogens with one attached hydrogen (secondary N) is 1. The van der Waals surface area contributed by atoms with Gasteiger partial charge >= 0.3 is 0 Å². The molecule has 0 radical (unpaired) electrons. The summed E-state index contributed by atoms with van der Waals surface area (Å²) in [5.41, 5.74) is 2.94. The molecule has 4 aromatic rings. The number of carbonyl (C=O) groups excluding carboxylic acids is 2. The van der Waals surface area contributed by atoms with Crippen LogP contribution < -0.4 is 14.8 Å². The van der Waals surface area contributed by atoms with Gasteiger partial charge in [-0.1, -0.05) is 72.3 Å². The lowest BCUT2D eigenvalue weighted by molar-refractivity contribution is -0.111. The van der Waals surface area contributed by atoms with Crippen molar-refractivity contribution in [3.63, 3.8) is 0 Å². The Labute approximate surface area is 228 Å². The average molecular weight is 577 g/mol. The summed E-state index contributed by atoms with van der Waals surface area (Å²) >= 11 is 9.67. The smallest absolute Gasteiger partial charge is 0.248 e. The maximum atomic E-state index is 13.0. The Morgan fingerprint density at radius 3 is 2.35 bits per heavy atom. The number of carbonyl (C=O) groups is 2. The monoisotopic (exact) mass is 575 g/mol. The molecule has 4 aromatic carbocycles. The summed E-state index contributed by atoms with van der Waals surface area (Å²) in [6.45, 7) is 0.387. The van der Waals surface area contributed by atoms with E-state index in [0.717, 1.165) is 11.1 Å². The molecule has 186 valence electrons. The van der Waals surface area contributed by atoms with E-state index < -0.39 is 5.91 Å². The van der Waals surface area contributed by atoms with Crippen molar-refractivity contribution in [2.45, 2.75) is 6.61 Å². The van der Waals surface area contributed by atoms with E-state index >= 15 is 0 Å². The Balaban J connectivity index is 1.49. The molecule has 0 aliphatic carbocycles. The van der Waals surface area contributed by atoms with Crippen LogP contribution in [0.5, 0.6) is 11.5 Å². The van der Waals surface area contributed by atoms with E-state index in [2.05, 4.69) is 21.2 Å². The Hall–Kier alpha value is -3.87. The molecule has 5 nitrogen and oxygen atoms in total. The third-order valence-corrected chi connectivity index (χ3v) is 6.25. The van der Waals surface area contributed by atoms with Crippen molar-refractivity contribution in [2.24, 2.45) is 0 Å². The van der Waals surface area contributed by atoms with Crippen LogP contribution in [0.2, 0.25) is 5.02 Å². The van der Waals surface area contributed by atoms with Crippen LogP contribution in [0.3, 0.4) is 0 Å². The first kappa shape index (κ1) is 26.2. The van der Waals surface area contributed by atoms with Gasteiger partial charge in [0.1, 0.15) is 6.61 Å². The van der Waals surface area contributed by atoms with Gasteiger partial charge in [0.2, 0.25) is 5.91 Å². The third kappa shape index (κ3) is 6.88. The fourth-order valence-corrected chi connectivity index (χ4v) is 4.36. The minimum atomic E-state index is -0.399. The lowest BCUT2D eigenvalue weighted by Crippen LogP contribution is -2.12. The van der Waals surface area contributed by atoms with Gasteiger partial charge in [0.15, 0.2) is 17.3 Å². The first-order valence-corrected chi connectivity index (χ1v) is 12.5. The lowest BCUT2D eigenvalue weighted by Gasteiger charge is -2.14. The van der Waals surface area contributed by atoms with Gasteiger partial charge in [-0.15, -0.1) is 0 Å². The van der Waals surface area contributed by atoms with E-state index in [1.165, 1.54) is 6.08 Å². The van der Waals surface area contributed by atoms with E-state index in [9.17, 15) is 9.59 Å². The van der Waals surface area contributed by atoms with Gasteiger partial charge in [-0.25, -0.2) is 0 Å². The summed E-state index contributed by atoms with van der Waals surface area (Å²) < 4.78 is 12.2. The van der Waals surface area contributed by atoms with Crippen molar-refractivity contribution in [1.82, 2.24) is 0 Å². The second kappa shape index (κ2) is 12.4. The highest BCUT2D eigenvalue weighted by atomic mass is 79.9. The molecular weight excluding hydrogens is 554 g/mol. The summed E-state index contributed by atoms with van der Waals surface area (Å²) in [7, 11) is 1.56. The summed E-state index contributed by atoms with van der Waals surface area (Å²) in [6.07, 6.45) is 3.04. The number of rotatable bonds is 9. The van der Waals surface area contributed by atoms with Gasteiger partial charge in [-0.2, -0.15) is 0 Å². The lowest BCUT2D eigenvalue weighted by atomic mass is 10.0. The molecule has 0 bridgehead atoms. The Morgan fingerprint density at radius 1 is 0.946 bits per heavy atom. The summed E-state index contributed by atoms with van der Waals surface area (Å²) in [5.74, 6) is 0.461. The highest BCUT2D eigenvalue weighted by Gasteiger charge is 2.16. The zero-order valence-corrected chi connectivity index (χ0v) is 22.3. The maximum Gasteiger partial charge on any atom is 0.248 e. The molecule has 0 aliphatic heterocycles. The zero-order chi connectivity index (χ0) is 26.2. The predicted octanol–water partition coefficient (Wildman–Crippen LogP) is 7.57. The zero-order valence-electron chi connectivity index (χ0n) is 19.9. The van der Waals surface area contributed by atoms with E-state index in [-0.39, 0.29) is 5.78 Å². The molecule has 0 atom stereocenters. The van der Waals surface area contributed by atoms with Gasteiger partial charge in [-0.3, -0.25) is 9.59 Å². The van der Waals surface area contributed by atoms with E-state index in [1.807, 2.05) is 42.5 Å². The molecule has 4 rings (SSSR count). The van der Waals surface area contributed by atoms with Gasteiger partial charge in [-0.05, 0) is 63.5 Å². The molecule has 0 unspecified atom stereocenters. The van der Waals surface area contributed by atoms with Gasteiger partial charge in [0.25, 0.3) is 0 Å². The second-order valence-electron chi connectivity index (χ2n) is 8.02. The molecule has 0 saturated heterocycles. The van der Waals surface area contributed by atoms with Crippen molar-refractivity contribution in [3.05, 3.63) is 129 Å². The number of ether oxygens (including phenoxy) is 2. The molecule has 0 saturated carbocycles. The Bertz CT molecular complexity index is 1440. The van der Waals surface area contributed by atoms with E-state index in [1.54, 1.807) is 61.7 Å². The number of halogens is 2. The first-order chi connectivity index (χ1) is 17.9. The van der Waals surface area contributed by atoms with Crippen molar-refractivity contribution in [2.75, 3.05) is 12.4 Å². The van der Waals surface area contributed by atoms with Crippen LogP contribution in [0.25, 0.3) is 6.08 Å². The molecule has 0 aromatic heterocycles. The van der Waals surface area contributed by atoms with Crippen LogP contribution in [-0.2, 0) is 11.4 Å². The number of anilines is 1. The van der Waals surface area contributed by atoms with Crippen LogP contribution in [-0.4, -0.2) is 18.8 Å². The minimum Gasteiger partial charge on any atom is -0.493 e. The van der Waals surface area contributed by atoms with Gasteiger partial charge in [0.05, 0.1) is 17.3 Å². The first-order valence-electron chi connectivity index (χ1n) is 11.4. The highest BCUT2D eigenvalue weighted by Crippen LogP contribution is 2.37. The fourth-order valence-electron chi connectivity index (χ4n) is 3.61. The number of benzene rings is 4. The van der Waals surface area contributed by atoms with Crippen LogP contribution in [0.4, 0.5) is 5.69 Å². The molecule has 0 spiro atoms. The molecular formula is C30H23BrClNO4. The molecule has 0 fully saturated rings. The average Bonchev–Trinajstić information content (AvgIpc) is 2.92. The topological polar surface area (TPSA) is 64.6 Å². The standard InChI is InChI=1S/C30H23BrClNO4/c1-36-27-17-21(16-25(31)30(27)37-19-20-8-4-2-5-9-20)12-15-28(34)33-26-14-13-23(32)18-24(26)29(35)22-10-6-3-7-11-22/h2-18H,19H2,1H3,(H,33,34)/b15-12+. The van der Waals surface area contributed by atoms with Crippen LogP contribution in [0.15, 0.2) is 102 Å². The number of hydrogen-bond donors (Lipinski definition) is 1. The van der Waals surface area contributed by atoms with E-state index in [0.29, 0.717) is 44.4 Å². The summed E-state index contributed by atoms with van der Waals surface area (Å²) in [4.78, 5) is 25.7. The van der Waals surface area contributed by atoms with Crippen molar-refractivity contribution < 1.29 is 19.1 Å². The summed E-state index contributed by atoms with van der Waals surface area (Å²) in [6, 6.07) is 27.0. The van der Waals surface area contributed by atoms with E-state index in [4.69, 9.17) is 21.1 Å². The molecule has 0 heterocycles. The van der Waals surface area contributed by atoms with Crippen LogP contribution in [0, 0.1) is 0 Å². The number of hydrogen-bond acceptors (Lipinski definition) is 4. The number of amides is 1. The molecule has 1 amide bonds. The fraction of sp³-hybridized carbons (Fsp3) is 0.0667. The van der Waals surface area contributed by atoms with Gasteiger partial charge in [0, 0.05) is 22.2 Å². The third-order valence-electron chi connectivity index (χ3n) is 5.43.